The van der Waals surface area contributed by atoms with Crippen molar-refractivity contribution in [2.45, 2.75) is 102 Å². The van der Waals surface area contributed by atoms with Crippen molar-refractivity contribution in [1.29, 1.82) is 0 Å². The van der Waals surface area contributed by atoms with Crippen LogP contribution in [-0.2, 0) is 5.41 Å². The molecule has 0 amide bonds. The van der Waals surface area contributed by atoms with Crippen molar-refractivity contribution in [3.8, 4) is 0 Å². The molecule has 0 aliphatic heterocycles. The van der Waals surface area contributed by atoms with E-state index >= 15 is 0 Å². The summed E-state index contributed by atoms with van der Waals surface area (Å²) in [5.41, 5.74) is 10.4. The minimum Gasteiger partial charge on any atom is -0.359 e. The summed E-state index contributed by atoms with van der Waals surface area (Å²) in [6.45, 7) is 29.4. The Balaban J connectivity index is 0. The smallest absolute Gasteiger partial charge is 0.0385 e. The number of allylic oxidation sites excluding steroid dienone is 12. The normalized spacial score (nSPS) is 15.2. The number of nitrogens with one attached hydrogen (secondary N) is 1. The summed E-state index contributed by atoms with van der Waals surface area (Å²) in [6, 6.07) is 6.74. The van der Waals surface area contributed by atoms with Crippen LogP contribution in [0.2, 0.25) is 0 Å². The van der Waals surface area contributed by atoms with Gasteiger partial charge in [-0.2, -0.15) is 0 Å². The van der Waals surface area contributed by atoms with Crippen LogP contribution in [0.15, 0.2) is 83.1 Å². The van der Waals surface area contributed by atoms with Crippen LogP contribution >= 0.6 is 0 Å². The number of rotatable bonds is 6. The first-order chi connectivity index (χ1) is 16.2. The zero-order valence-corrected chi connectivity index (χ0v) is 24.8. The second kappa shape index (κ2) is 17.9. The lowest BCUT2D eigenvalue weighted by molar-refractivity contribution is 0.639. The van der Waals surface area contributed by atoms with Crippen LogP contribution in [0.4, 0.5) is 5.69 Å². The van der Waals surface area contributed by atoms with Gasteiger partial charge in [-0.15, -0.1) is 0 Å². The number of hydrogen-bond donors (Lipinski definition) is 1. The van der Waals surface area contributed by atoms with Crippen molar-refractivity contribution < 1.29 is 0 Å². The Morgan fingerprint density at radius 3 is 1.88 bits per heavy atom. The highest BCUT2D eigenvalue weighted by Gasteiger charge is 2.34. The molecule has 1 aromatic rings. The van der Waals surface area contributed by atoms with E-state index in [4.69, 9.17) is 0 Å². The predicted octanol–water partition coefficient (Wildman–Crippen LogP) is 11.2. The van der Waals surface area contributed by atoms with E-state index in [9.17, 15) is 0 Å². The Labute approximate surface area is 213 Å². The van der Waals surface area contributed by atoms with Crippen molar-refractivity contribution in [3.05, 3.63) is 94.3 Å². The van der Waals surface area contributed by atoms with E-state index in [-0.39, 0.29) is 5.41 Å². The van der Waals surface area contributed by atoms with E-state index in [1.165, 1.54) is 33.4 Å². The Bertz CT molecular complexity index is 912. The largest absolute Gasteiger partial charge is 0.359 e. The maximum absolute atomic E-state index is 3.56. The van der Waals surface area contributed by atoms with Crippen molar-refractivity contribution in [2.75, 3.05) is 5.32 Å². The summed E-state index contributed by atoms with van der Waals surface area (Å²) in [6.07, 6.45) is 14.9. The molecule has 1 aliphatic rings. The number of hydrogen-bond acceptors (Lipinski definition) is 1. The summed E-state index contributed by atoms with van der Waals surface area (Å²) in [4.78, 5) is 0. The minimum absolute atomic E-state index is 0.0602. The van der Waals surface area contributed by atoms with Gasteiger partial charge in [-0.1, -0.05) is 103 Å². The fraction of sp³-hybridized carbons (Fsp3) is 0.455. The van der Waals surface area contributed by atoms with E-state index in [1.807, 2.05) is 54.5 Å². The van der Waals surface area contributed by atoms with E-state index in [2.05, 4.69) is 108 Å². The minimum atomic E-state index is 0.0602. The van der Waals surface area contributed by atoms with Gasteiger partial charge >= 0.3 is 0 Å². The number of anilines is 1. The van der Waals surface area contributed by atoms with Gasteiger partial charge in [0.25, 0.3) is 0 Å². The van der Waals surface area contributed by atoms with E-state index < -0.39 is 0 Å². The van der Waals surface area contributed by atoms with Crippen LogP contribution in [0.25, 0.3) is 5.57 Å². The quantitative estimate of drug-likeness (QED) is 0.413. The molecule has 1 nitrogen and oxygen atoms in total. The van der Waals surface area contributed by atoms with Crippen molar-refractivity contribution in [1.82, 2.24) is 0 Å². The molecule has 34 heavy (non-hydrogen) atoms. The van der Waals surface area contributed by atoms with E-state index in [1.54, 1.807) is 0 Å². The molecule has 1 N–H and O–H groups in total. The van der Waals surface area contributed by atoms with Gasteiger partial charge < -0.3 is 5.32 Å². The van der Waals surface area contributed by atoms with Crippen molar-refractivity contribution >= 4 is 11.3 Å². The van der Waals surface area contributed by atoms with Crippen LogP contribution in [0.3, 0.4) is 0 Å². The average molecular weight is 464 g/mol. The van der Waals surface area contributed by atoms with Gasteiger partial charge in [0.2, 0.25) is 0 Å². The molecule has 0 unspecified atom stereocenters. The molecule has 1 aliphatic carbocycles. The highest BCUT2D eigenvalue weighted by Crippen LogP contribution is 2.47. The highest BCUT2D eigenvalue weighted by molar-refractivity contribution is 5.86. The summed E-state index contributed by atoms with van der Waals surface area (Å²) < 4.78 is 0. The van der Waals surface area contributed by atoms with E-state index in [0.717, 1.165) is 11.4 Å². The first-order valence-electron chi connectivity index (χ1n) is 13.1. The van der Waals surface area contributed by atoms with Gasteiger partial charge in [-0.3, -0.25) is 0 Å². The molecule has 1 aromatic carbocycles. The third kappa shape index (κ3) is 9.37. The second-order valence-corrected chi connectivity index (χ2v) is 8.12. The van der Waals surface area contributed by atoms with Crippen LogP contribution < -0.4 is 5.32 Å². The third-order valence-electron chi connectivity index (χ3n) is 5.74. The zero-order chi connectivity index (χ0) is 26.9. The fourth-order valence-corrected chi connectivity index (χ4v) is 3.52. The van der Waals surface area contributed by atoms with Gasteiger partial charge in [0, 0.05) is 16.8 Å². The summed E-state index contributed by atoms with van der Waals surface area (Å²) in [5.74, 6) is 0. The third-order valence-corrected chi connectivity index (χ3v) is 5.74. The Morgan fingerprint density at radius 1 is 0.794 bits per heavy atom. The molecule has 0 saturated heterocycles. The van der Waals surface area contributed by atoms with Gasteiger partial charge in [-0.05, 0) is 87.6 Å². The SMILES string of the molecule is CC.CC.CC.C\C=C/C=C(C)/C(C)=C/C=C(\C)Nc1ccc2c(c1)C(C)(C)C(C)=C2/C=C\C. The lowest BCUT2D eigenvalue weighted by atomic mass is 9.82. The van der Waals surface area contributed by atoms with Crippen molar-refractivity contribution in [2.24, 2.45) is 0 Å². The standard InChI is InChI=1S/C27H35N.3C2H6/c1-9-11-13-19(3)20(4)14-15-21(5)28-23-16-17-25-24(12-10-2)22(6)27(7,8)26(25)18-23;3*1-2/h9-18,28H,1-8H3;3*1-2H3/b11-9-,12-10-,19-13+,20-14+,21-15+;;;. The number of benzene rings is 1. The maximum atomic E-state index is 3.56. The highest BCUT2D eigenvalue weighted by atomic mass is 14.9. The molecule has 0 heterocycles. The molecule has 0 fully saturated rings. The topological polar surface area (TPSA) is 12.0 Å². The second-order valence-electron chi connectivity index (χ2n) is 8.12. The van der Waals surface area contributed by atoms with Gasteiger partial charge in [0.1, 0.15) is 0 Å². The molecule has 0 bridgehead atoms. The van der Waals surface area contributed by atoms with Crippen LogP contribution in [0.1, 0.15) is 108 Å². The Morgan fingerprint density at radius 2 is 1.35 bits per heavy atom. The fourth-order valence-electron chi connectivity index (χ4n) is 3.52. The molecule has 0 atom stereocenters. The molecular weight excluding hydrogens is 410 g/mol. The zero-order valence-electron chi connectivity index (χ0n) is 24.8. The lowest BCUT2D eigenvalue weighted by Crippen LogP contribution is -2.15. The maximum Gasteiger partial charge on any atom is 0.0385 e. The number of fused-ring (bicyclic) bond motifs is 1. The van der Waals surface area contributed by atoms with Gasteiger partial charge in [0.05, 0.1) is 0 Å². The summed E-state index contributed by atoms with van der Waals surface area (Å²) in [5, 5.41) is 3.56. The molecule has 0 saturated carbocycles. The Kier molecular flexibility index (Phi) is 17.7. The molecule has 1 heteroatoms. The first kappa shape index (κ1) is 33.6. The molecule has 0 aromatic heterocycles. The van der Waals surface area contributed by atoms with E-state index in [0.29, 0.717) is 0 Å². The summed E-state index contributed by atoms with van der Waals surface area (Å²) in [7, 11) is 0. The average Bonchev–Trinajstić information content (AvgIpc) is 3.05. The van der Waals surface area contributed by atoms with Crippen LogP contribution in [0.5, 0.6) is 0 Å². The lowest BCUT2D eigenvalue weighted by Gasteiger charge is -2.23. The molecular formula is C33H53N. The first-order valence-corrected chi connectivity index (χ1v) is 13.1. The van der Waals surface area contributed by atoms with Crippen LogP contribution in [0, 0.1) is 0 Å². The predicted molar refractivity (Wildman–Crippen MR) is 161 cm³/mol. The Hall–Kier alpha value is -2.54. The molecule has 2 rings (SSSR count). The van der Waals surface area contributed by atoms with Crippen LogP contribution in [-0.4, -0.2) is 0 Å². The monoisotopic (exact) mass is 463 g/mol. The molecule has 0 radical (unpaired) electrons. The molecule has 190 valence electrons. The summed E-state index contributed by atoms with van der Waals surface area (Å²) >= 11 is 0. The van der Waals surface area contributed by atoms with Gasteiger partial charge in [-0.25, -0.2) is 0 Å². The van der Waals surface area contributed by atoms with Crippen molar-refractivity contribution in [3.63, 3.8) is 0 Å². The molecule has 0 spiro atoms. The van der Waals surface area contributed by atoms with Gasteiger partial charge in [0.15, 0.2) is 0 Å².